The lowest BCUT2D eigenvalue weighted by Gasteiger charge is -2.17. The number of benzene rings is 2. The van der Waals surface area contributed by atoms with E-state index in [2.05, 4.69) is 19.2 Å². The van der Waals surface area contributed by atoms with Crippen LogP contribution in [-0.4, -0.2) is 17.3 Å². The summed E-state index contributed by atoms with van der Waals surface area (Å²) in [4.78, 5) is 13.9. The highest BCUT2D eigenvalue weighted by molar-refractivity contribution is 7.13. The van der Waals surface area contributed by atoms with E-state index in [1.807, 2.05) is 47.8 Å². The molecule has 2 aromatic carbocycles. The molecule has 1 heterocycles. The number of thiophene rings is 1. The molecule has 1 atom stereocenters. The number of hydrogen-bond donors (Lipinski definition) is 4. The van der Waals surface area contributed by atoms with Gasteiger partial charge < -0.3 is 21.9 Å². The predicted molar refractivity (Wildman–Crippen MR) is 141 cm³/mol. The van der Waals surface area contributed by atoms with Crippen LogP contribution < -0.4 is 11.1 Å². The Morgan fingerprint density at radius 3 is 2.48 bits per heavy atom. The lowest BCUT2D eigenvalue weighted by atomic mass is 9.89. The van der Waals surface area contributed by atoms with E-state index in [-0.39, 0.29) is 11.8 Å². The lowest BCUT2D eigenvalue weighted by Crippen LogP contribution is -2.19. The molecule has 0 aliphatic carbocycles. The number of nitrogens with two attached hydrogens (primary N) is 1. The molecule has 0 spiro atoms. The first-order valence-corrected chi connectivity index (χ1v) is 12.3. The van der Waals surface area contributed by atoms with E-state index in [1.165, 1.54) is 0 Å². The van der Waals surface area contributed by atoms with Crippen molar-refractivity contribution in [3.63, 3.8) is 0 Å². The third-order valence-corrected chi connectivity index (χ3v) is 6.67. The number of rotatable bonds is 11. The van der Waals surface area contributed by atoms with Crippen molar-refractivity contribution >= 4 is 40.0 Å². The van der Waals surface area contributed by atoms with Crippen LogP contribution in [0.25, 0.3) is 10.4 Å². The Morgan fingerprint density at radius 1 is 1.09 bits per heavy atom. The van der Waals surface area contributed by atoms with Crippen LogP contribution in [0.4, 0.5) is 11.4 Å². The summed E-state index contributed by atoms with van der Waals surface area (Å²) in [6.45, 7) is 4.15. The van der Waals surface area contributed by atoms with Gasteiger partial charge in [-0.15, -0.1) is 11.3 Å². The first-order chi connectivity index (χ1) is 15.9. The Kier molecular flexibility index (Phi) is 8.55. The van der Waals surface area contributed by atoms with E-state index in [4.69, 9.17) is 16.6 Å². The third kappa shape index (κ3) is 6.62. The maximum absolute atomic E-state index is 12.8. The van der Waals surface area contributed by atoms with Crippen molar-refractivity contribution in [1.82, 2.24) is 0 Å². The molecule has 1 aromatic heterocycles. The average Bonchev–Trinajstić information content (AvgIpc) is 3.34. The van der Waals surface area contributed by atoms with Crippen LogP contribution >= 0.6 is 11.3 Å². The van der Waals surface area contributed by atoms with Gasteiger partial charge in [0.1, 0.15) is 0 Å². The molecule has 0 fully saturated rings. The van der Waals surface area contributed by atoms with Crippen molar-refractivity contribution in [2.24, 2.45) is 5.92 Å². The number of nitrogen functional groups attached to an aromatic ring is 1. The normalized spacial score (nSPS) is 11.7. The maximum Gasteiger partial charge on any atom is 0.255 e. The molecule has 3 aromatic rings. The molecular weight excluding hydrogens is 428 g/mol. The second kappa shape index (κ2) is 11.6. The number of carbonyl (C=O) groups is 1. The topological polar surface area (TPSA) is 103 Å². The van der Waals surface area contributed by atoms with E-state index in [0.717, 1.165) is 41.0 Å². The highest BCUT2D eigenvalue weighted by Gasteiger charge is 2.16. The lowest BCUT2D eigenvalue weighted by molar-refractivity contribution is 0.102. The van der Waals surface area contributed by atoms with Crippen LogP contribution in [-0.2, 0) is 6.42 Å². The van der Waals surface area contributed by atoms with Gasteiger partial charge in [0.25, 0.3) is 5.91 Å². The Hall–Kier alpha value is -3.25. The summed E-state index contributed by atoms with van der Waals surface area (Å²) in [7, 11) is 0. The minimum Gasteiger partial charge on any atom is -0.397 e. The van der Waals surface area contributed by atoms with Crippen molar-refractivity contribution < 1.29 is 4.79 Å². The van der Waals surface area contributed by atoms with E-state index in [0.29, 0.717) is 35.5 Å². The van der Waals surface area contributed by atoms with Crippen LogP contribution in [0.3, 0.4) is 0 Å². The van der Waals surface area contributed by atoms with Gasteiger partial charge in [0.2, 0.25) is 0 Å². The highest BCUT2D eigenvalue weighted by atomic mass is 32.1. The van der Waals surface area contributed by atoms with Crippen LogP contribution in [0, 0.1) is 16.7 Å². The summed E-state index contributed by atoms with van der Waals surface area (Å²) in [5.74, 6) is -0.114. The Labute approximate surface area is 200 Å². The largest absolute Gasteiger partial charge is 0.397 e. The first kappa shape index (κ1) is 24.4. The maximum atomic E-state index is 12.8. The molecule has 5 N–H and O–H groups in total. The Balaban J connectivity index is 1.64. The van der Waals surface area contributed by atoms with Gasteiger partial charge in [0.15, 0.2) is 0 Å². The smallest absolute Gasteiger partial charge is 0.255 e. The zero-order valence-electron chi connectivity index (χ0n) is 19.3. The molecule has 0 unspecified atom stereocenters. The molecule has 0 saturated carbocycles. The Bertz CT molecular complexity index is 1100. The zero-order valence-corrected chi connectivity index (χ0v) is 20.1. The molecule has 172 valence electrons. The fourth-order valence-electron chi connectivity index (χ4n) is 3.81. The fourth-order valence-corrected chi connectivity index (χ4v) is 4.53. The van der Waals surface area contributed by atoms with Crippen molar-refractivity contribution in [1.29, 1.82) is 10.8 Å². The van der Waals surface area contributed by atoms with E-state index < -0.39 is 0 Å². The molecule has 1 amide bonds. The second-order valence-electron chi connectivity index (χ2n) is 8.30. The third-order valence-electron chi connectivity index (χ3n) is 5.75. The number of nitrogens with one attached hydrogen (secondary N) is 3. The highest BCUT2D eigenvalue weighted by Crippen LogP contribution is 2.30. The minimum absolute atomic E-state index is 0.102. The summed E-state index contributed by atoms with van der Waals surface area (Å²) in [6, 6.07) is 17.1. The molecule has 0 aliphatic rings. The van der Waals surface area contributed by atoms with Crippen molar-refractivity contribution in [3.05, 3.63) is 71.1 Å². The second-order valence-corrected chi connectivity index (χ2v) is 9.24. The SMILES string of the molecule is CCCC(=N)C[C@H](CC)C(=N)Cc1ccc(C(=O)Nc2cc(-c3cccs3)ccc2N)cc1. The first-order valence-electron chi connectivity index (χ1n) is 11.4. The van der Waals surface area contributed by atoms with Crippen molar-refractivity contribution in [3.8, 4) is 10.4 Å². The molecule has 3 rings (SSSR count). The summed E-state index contributed by atoms with van der Waals surface area (Å²) in [5, 5.41) is 21.5. The van der Waals surface area contributed by atoms with Gasteiger partial charge in [-0.05, 0) is 66.1 Å². The molecule has 0 radical (unpaired) electrons. The molecule has 33 heavy (non-hydrogen) atoms. The van der Waals surface area contributed by atoms with Gasteiger partial charge in [-0.2, -0.15) is 0 Å². The standard InChI is InChI=1S/C27H32N4OS/c1-3-6-22(28)16-19(4-2)24(30)15-18-8-10-20(11-9-18)27(32)31-25-17-21(12-13-23(25)29)26-7-5-14-33-26/h5,7-14,17,19,28,30H,3-4,6,15-16,29H2,1-2H3,(H,31,32)/t19-/m0/s1. The van der Waals surface area contributed by atoms with Crippen LogP contribution in [0.15, 0.2) is 60.0 Å². The Morgan fingerprint density at radius 2 is 1.85 bits per heavy atom. The summed E-state index contributed by atoms with van der Waals surface area (Å²) < 4.78 is 0. The van der Waals surface area contributed by atoms with E-state index >= 15 is 0 Å². The minimum atomic E-state index is -0.217. The fraction of sp³-hybridized carbons (Fsp3) is 0.296. The monoisotopic (exact) mass is 460 g/mol. The van der Waals surface area contributed by atoms with E-state index in [1.54, 1.807) is 23.5 Å². The van der Waals surface area contributed by atoms with E-state index in [9.17, 15) is 4.79 Å². The summed E-state index contributed by atoms with van der Waals surface area (Å²) in [6.07, 6.45) is 3.83. The van der Waals surface area contributed by atoms with Crippen LogP contribution in [0.5, 0.6) is 0 Å². The average molecular weight is 461 g/mol. The van der Waals surface area contributed by atoms with Gasteiger partial charge >= 0.3 is 0 Å². The van der Waals surface area contributed by atoms with Gasteiger partial charge in [0.05, 0.1) is 11.4 Å². The van der Waals surface area contributed by atoms with Crippen LogP contribution in [0.1, 0.15) is 55.5 Å². The molecule has 0 aliphatic heterocycles. The molecule has 0 saturated heterocycles. The quantitative estimate of drug-likeness (QED) is 0.182. The number of anilines is 2. The van der Waals surface area contributed by atoms with Crippen molar-refractivity contribution in [2.45, 2.75) is 46.0 Å². The summed E-state index contributed by atoms with van der Waals surface area (Å²) >= 11 is 1.64. The summed E-state index contributed by atoms with van der Waals surface area (Å²) in [5.41, 5.74) is 11.1. The van der Waals surface area contributed by atoms with Gasteiger partial charge in [0, 0.05) is 34.2 Å². The molecule has 5 nitrogen and oxygen atoms in total. The number of carbonyl (C=O) groups excluding carboxylic acids is 1. The van der Waals surface area contributed by atoms with Crippen LogP contribution in [0.2, 0.25) is 0 Å². The number of hydrogen-bond acceptors (Lipinski definition) is 5. The zero-order chi connectivity index (χ0) is 23.8. The van der Waals surface area contributed by atoms with Crippen molar-refractivity contribution in [2.75, 3.05) is 11.1 Å². The molecule has 0 bridgehead atoms. The molecular formula is C27H32N4OS. The van der Waals surface area contributed by atoms with Gasteiger partial charge in [-0.1, -0.05) is 44.5 Å². The predicted octanol–water partition coefficient (Wildman–Crippen LogP) is 7.05. The number of amides is 1. The van der Waals surface area contributed by atoms with Gasteiger partial charge in [-0.3, -0.25) is 4.79 Å². The van der Waals surface area contributed by atoms with Gasteiger partial charge in [-0.25, -0.2) is 0 Å². The molecule has 6 heteroatoms.